The minimum Gasteiger partial charge on any atom is -0.315 e. The van der Waals surface area contributed by atoms with E-state index in [0.717, 1.165) is 48.7 Å². The standard InChI is InChI=1S/C25H29ClF3N3O2/c1-4-16(2)20(25(27,28)29)13-21-22(17(3)26)30-23(33)24(34)32(21)15-19-9-7-8-18(12-19)14-31-10-5-6-11-31/h7-9,12-13H,4-6,10-11,14-15H2,1-3H3,(H,30,33)/b20-16-,21-13+,22-17-. The maximum Gasteiger partial charge on any atom is 0.416 e. The Hall–Kier alpha value is -2.58. The van der Waals surface area contributed by atoms with Crippen LogP contribution < -0.4 is 21.8 Å². The van der Waals surface area contributed by atoms with Crippen molar-refractivity contribution in [2.45, 2.75) is 59.3 Å². The largest absolute Gasteiger partial charge is 0.416 e. The van der Waals surface area contributed by atoms with Crippen LogP contribution in [0.5, 0.6) is 0 Å². The van der Waals surface area contributed by atoms with E-state index < -0.39 is 22.9 Å². The number of nitrogens with zero attached hydrogens (tertiary/aromatic N) is 2. The quantitative estimate of drug-likeness (QED) is 0.623. The van der Waals surface area contributed by atoms with Crippen LogP contribution in [0, 0.1) is 0 Å². The smallest absolute Gasteiger partial charge is 0.315 e. The van der Waals surface area contributed by atoms with Crippen molar-refractivity contribution in [2.75, 3.05) is 13.1 Å². The van der Waals surface area contributed by atoms with Crippen molar-refractivity contribution in [1.29, 1.82) is 0 Å². The first-order chi connectivity index (χ1) is 16.0. The van der Waals surface area contributed by atoms with Crippen molar-refractivity contribution >= 4 is 22.7 Å². The molecule has 0 atom stereocenters. The van der Waals surface area contributed by atoms with Gasteiger partial charge in [-0.3, -0.25) is 19.1 Å². The molecule has 2 heterocycles. The van der Waals surface area contributed by atoms with E-state index in [1.807, 2.05) is 18.2 Å². The molecular formula is C25H29ClF3N3O2. The second-order valence-electron chi connectivity index (χ2n) is 8.63. The molecule has 0 amide bonds. The van der Waals surface area contributed by atoms with Crippen LogP contribution in [-0.2, 0) is 13.1 Å². The maximum atomic E-state index is 13.9. The summed E-state index contributed by atoms with van der Waals surface area (Å²) in [6.45, 7) is 7.22. The summed E-state index contributed by atoms with van der Waals surface area (Å²) >= 11 is 6.15. The number of benzene rings is 1. The SMILES string of the molecule is CC/C(C)=C(/C=c1\c(=C(/C)Cl)[nH]c(=O)c(=O)n1Cc1cccc(CN2CCCC2)c1)C(F)(F)F. The second kappa shape index (κ2) is 10.8. The second-order valence-corrected chi connectivity index (χ2v) is 9.20. The first-order valence-electron chi connectivity index (χ1n) is 11.3. The maximum absolute atomic E-state index is 13.9. The number of rotatable bonds is 6. The summed E-state index contributed by atoms with van der Waals surface area (Å²) < 4.78 is 42.7. The number of alkyl halides is 3. The van der Waals surface area contributed by atoms with Gasteiger partial charge in [0.1, 0.15) is 0 Å². The molecule has 0 bridgehead atoms. The molecule has 1 fully saturated rings. The van der Waals surface area contributed by atoms with Crippen LogP contribution in [-0.4, -0.2) is 33.7 Å². The first-order valence-corrected chi connectivity index (χ1v) is 11.7. The zero-order valence-electron chi connectivity index (χ0n) is 19.6. The van der Waals surface area contributed by atoms with Crippen molar-refractivity contribution in [3.63, 3.8) is 0 Å². The topological polar surface area (TPSA) is 58.1 Å². The van der Waals surface area contributed by atoms with E-state index in [9.17, 15) is 22.8 Å². The van der Waals surface area contributed by atoms with E-state index in [-0.39, 0.29) is 34.3 Å². The van der Waals surface area contributed by atoms with Crippen LogP contribution in [0.15, 0.2) is 45.0 Å². The van der Waals surface area contributed by atoms with Gasteiger partial charge in [0.2, 0.25) is 0 Å². The average Bonchev–Trinajstić information content (AvgIpc) is 3.28. The number of nitrogens with one attached hydrogen (secondary N) is 1. The van der Waals surface area contributed by atoms with E-state index in [0.29, 0.717) is 5.56 Å². The minimum absolute atomic E-state index is 0.00913. The van der Waals surface area contributed by atoms with Crippen LogP contribution in [0.4, 0.5) is 13.2 Å². The summed E-state index contributed by atoms with van der Waals surface area (Å²) in [6.07, 6.45) is -1.24. The van der Waals surface area contributed by atoms with E-state index in [4.69, 9.17) is 11.6 Å². The van der Waals surface area contributed by atoms with Crippen LogP contribution in [0.1, 0.15) is 51.2 Å². The lowest BCUT2D eigenvalue weighted by Crippen LogP contribution is -2.54. The molecule has 1 aliphatic rings. The van der Waals surface area contributed by atoms with Crippen LogP contribution >= 0.6 is 11.6 Å². The number of hydrogen-bond acceptors (Lipinski definition) is 3. The molecule has 0 saturated carbocycles. The van der Waals surface area contributed by atoms with Gasteiger partial charge in [-0.1, -0.05) is 48.4 Å². The van der Waals surface area contributed by atoms with Gasteiger partial charge in [0, 0.05) is 11.6 Å². The van der Waals surface area contributed by atoms with Crippen molar-refractivity contribution < 1.29 is 13.2 Å². The number of aromatic amines is 1. The van der Waals surface area contributed by atoms with Crippen molar-refractivity contribution in [1.82, 2.24) is 14.5 Å². The fraction of sp³-hybridized carbons (Fsp3) is 0.440. The lowest BCUT2D eigenvalue weighted by Gasteiger charge is -2.16. The first kappa shape index (κ1) is 26.0. The van der Waals surface area contributed by atoms with Crippen LogP contribution in [0.25, 0.3) is 11.1 Å². The van der Waals surface area contributed by atoms with E-state index in [2.05, 4.69) is 9.88 Å². The fourth-order valence-corrected chi connectivity index (χ4v) is 4.29. The summed E-state index contributed by atoms with van der Waals surface area (Å²) in [5.74, 6) is 0. The third-order valence-corrected chi connectivity index (χ3v) is 6.27. The number of allylic oxidation sites excluding steroid dienone is 2. The summed E-state index contributed by atoms with van der Waals surface area (Å²) in [5, 5.41) is -0.0112. The number of halogens is 4. The predicted molar refractivity (Wildman–Crippen MR) is 129 cm³/mol. The molecule has 3 rings (SSSR count). The normalized spacial score (nSPS) is 17.2. The van der Waals surface area contributed by atoms with Crippen molar-refractivity contribution in [3.8, 4) is 0 Å². The highest BCUT2D eigenvalue weighted by molar-refractivity contribution is 6.44. The van der Waals surface area contributed by atoms with Crippen molar-refractivity contribution in [2.24, 2.45) is 0 Å². The molecular weight excluding hydrogens is 467 g/mol. The molecule has 0 aliphatic carbocycles. The highest BCUT2D eigenvalue weighted by Crippen LogP contribution is 2.30. The van der Waals surface area contributed by atoms with E-state index >= 15 is 0 Å². The number of aromatic nitrogens is 2. The lowest BCUT2D eigenvalue weighted by atomic mass is 10.1. The molecule has 5 nitrogen and oxygen atoms in total. The molecule has 1 aliphatic heterocycles. The van der Waals surface area contributed by atoms with Gasteiger partial charge in [-0.2, -0.15) is 13.2 Å². The van der Waals surface area contributed by atoms with Gasteiger partial charge >= 0.3 is 17.3 Å². The van der Waals surface area contributed by atoms with Gasteiger partial charge in [0.25, 0.3) is 0 Å². The molecule has 1 saturated heterocycles. The molecule has 0 spiro atoms. The van der Waals surface area contributed by atoms with Crippen LogP contribution in [0.3, 0.4) is 0 Å². The molecule has 2 aromatic rings. The zero-order valence-corrected chi connectivity index (χ0v) is 20.3. The lowest BCUT2D eigenvalue weighted by molar-refractivity contribution is -0.0874. The zero-order chi connectivity index (χ0) is 25.0. The highest BCUT2D eigenvalue weighted by atomic mass is 35.5. The van der Waals surface area contributed by atoms with Gasteiger partial charge in [0.05, 0.1) is 22.8 Å². The monoisotopic (exact) mass is 495 g/mol. The Morgan fingerprint density at radius 1 is 1.12 bits per heavy atom. The van der Waals surface area contributed by atoms with Gasteiger partial charge in [-0.25, -0.2) is 0 Å². The summed E-state index contributed by atoms with van der Waals surface area (Å²) in [5.41, 5.74) is -0.873. The van der Waals surface area contributed by atoms with Gasteiger partial charge < -0.3 is 4.98 Å². The Kier molecular flexibility index (Phi) is 8.25. The third kappa shape index (κ3) is 6.10. The summed E-state index contributed by atoms with van der Waals surface area (Å²) in [4.78, 5) is 29.9. The fourth-order valence-electron chi connectivity index (χ4n) is 4.15. The molecule has 1 aromatic heterocycles. The molecule has 1 aromatic carbocycles. The average molecular weight is 496 g/mol. The Balaban J connectivity index is 2.22. The number of likely N-dealkylation sites (tertiary alicyclic amines) is 1. The molecule has 184 valence electrons. The summed E-state index contributed by atoms with van der Waals surface area (Å²) in [6, 6.07) is 7.54. The molecule has 1 N–H and O–H groups in total. The predicted octanol–water partition coefficient (Wildman–Crippen LogP) is 3.62. The Morgan fingerprint density at radius 3 is 2.29 bits per heavy atom. The van der Waals surface area contributed by atoms with Crippen molar-refractivity contribution in [3.05, 3.63) is 77.9 Å². The van der Waals surface area contributed by atoms with E-state index in [1.54, 1.807) is 13.0 Å². The molecule has 34 heavy (non-hydrogen) atoms. The number of hydrogen-bond donors (Lipinski definition) is 1. The highest BCUT2D eigenvalue weighted by Gasteiger charge is 2.33. The Morgan fingerprint density at radius 2 is 1.74 bits per heavy atom. The third-order valence-electron chi connectivity index (χ3n) is 6.08. The van der Waals surface area contributed by atoms with Crippen LogP contribution in [0.2, 0.25) is 0 Å². The molecule has 0 unspecified atom stereocenters. The minimum atomic E-state index is -4.63. The molecule has 0 radical (unpaired) electrons. The van der Waals surface area contributed by atoms with E-state index in [1.165, 1.54) is 13.8 Å². The number of H-pyrrole nitrogens is 1. The van der Waals surface area contributed by atoms with Gasteiger partial charge in [0.15, 0.2) is 0 Å². The summed E-state index contributed by atoms with van der Waals surface area (Å²) in [7, 11) is 0. The Bertz CT molecular complexity index is 1310. The van der Waals surface area contributed by atoms with Gasteiger partial charge in [-0.05, 0) is 63.4 Å². The Labute approximate surface area is 200 Å². The van der Waals surface area contributed by atoms with Gasteiger partial charge in [-0.15, -0.1) is 0 Å². The molecule has 9 heteroatoms.